The third-order valence-corrected chi connectivity index (χ3v) is 6.85. The molecular weight excluding hydrogens is 428 g/mol. The first-order valence-corrected chi connectivity index (χ1v) is 11.5. The summed E-state index contributed by atoms with van der Waals surface area (Å²) in [4.78, 5) is 24.4. The third-order valence-electron chi connectivity index (χ3n) is 4.72. The lowest BCUT2D eigenvalue weighted by Crippen LogP contribution is -2.32. The van der Waals surface area contributed by atoms with E-state index in [9.17, 15) is 18.0 Å². The zero-order valence-electron chi connectivity index (χ0n) is 16.3. The molecule has 0 bridgehead atoms. The van der Waals surface area contributed by atoms with Gasteiger partial charge in [0, 0.05) is 23.8 Å². The van der Waals surface area contributed by atoms with E-state index >= 15 is 0 Å². The van der Waals surface area contributed by atoms with Gasteiger partial charge in [-0.1, -0.05) is 36.6 Å². The molecule has 1 heterocycles. The topological polar surface area (TPSA) is 92.8 Å². The number of ether oxygens (including phenoxy) is 1. The summed E-state index contributed by atoms with van der Waals surface area (Å²) >= 11 is 5.86. The van der Waals surface area contributed by atoms with Crippen LogP contribution in [0.3, 0.4) is 0 Å². The Morgan fingerprint density at radius 1 is 1.00 bits per heavy atom. The summed E-state index contributed by atoms with van der Waals surface area (Å²) in [6, 6.07) is 12.3. The molecule has 1 saturated heterocycles. The zero-order valence-corrected chi connectivity index (χ0v) is 17.9. The number of sulfonamides is 1. The summed E-state index contributed by atoms with van der Waals surface area (Å²) in [5.41, 5.74) is 0.551. The van der Waals surface area contributed by atoms with E-state index in [-0.39, 0.29) is 10.5 Å². The highest BCUT2D eigenvalue weighted by atomic mass is 35.5. The van der Waals surface area contributed by atoms with Gasteiger partial charge in [-0.25, -0.2) is 13.2 Å². The van der Waals surface area contributed by atoms with Gasteiger partial charge in [0.2, 0.25) is 10.0 Å². The number of esters is 1. The van der Waals surface area contributed by atoms with Crippen molar-refractivity contribution in [2.45, 2.75) is 30.6 Å². The molecule has 0 aromatic heterocycles. The maximum Gasteiger partial charge on any atom is 0.338 e. The summed E-state index contributed by atoms with van der Waals surface area (Å²) in [6.07, 6.45) is 3.66. The SMILES string of the molecule is O=C(COC(=O)c1cccc(S(=O)(=O)N2CCCCCC2)c1)Nc1cccc(Cl)c1. The van der Waals surface area contributed by atoms with E-state index < -0.39 is 28.5 Å². The molecule has 30 heavy (non-hydrogen) atoms. The van der Waals surface area contributed by atoms with Gasteiger partial charge in [-0.15, -0.1) is 0 Å². The van der Waals surface area contributed by atoms with E-state index in [2.05, 4.69) is 5.32 Å². The highest BCUT2D eigenvalue weighted by Gasteiger charge is 2.26. The molecule has 2 aromatic rings. The minimum absolute atomic E-state index is 0.0437. The van der Waals surface area contributed by atoms with Crippen molar-refractivity contribution in [3.8, 4) is 0 Å². The molecule has 1 N–H and O–H groups in total. The summed E-state index contributed by atoms with van der Waals surface area (Å²) in [5.74, 6) is -1.30. The summed E-state index contributed by atoms with van der Waals surface area (Å²) < 4.78 is 32.3. The normalized spacial score (nSPS) is 15.2. The molecule has 3 rings (SSSR count). The second-order valence-electron chi connectivity index (χ2n) is 6.98. The first kappa shape index (κ1) is 22.3. The smallest absolute Gasteiger partial charge is 0.338 e. The molecule has 2 aromatic carbocycles. The van der Waals surface area contributed by atoms with Crippen LogP contribution in [0, 0.1) is 0 Å². The Labute approximate surface area is 181 Å². The van der Waals surface area contributed by atoms with Crippen LogP contribution in [0.1, 0.15) is 36.0 Å². The van der Waals surface area contributed by atoms with E-state index in [4.69, 9.17) is 16.3 Å². The summed E-state index contributed by atoms with van der Waals surface area (Å²) in [5, 5.41) is 3.04. The van der Waals surface area contributed by atoms with Crippen LogP contribution in [0.2, 0.25) is 5.02 Å². The first-order valence-electron chi connectivity index (χ1n) is 9.69. The fraction of sp³-hybridized carbons (Fsp3) is 0.333. The first-order chi connectivity index (χ1) is 14.4. The quantitative estimate of drug-likeness (QED) is 0.677. The number of rotatable bonds is 6. The number of hydrogen-bond donors (Lipinski definition) is 1. The average Bonchev–Trinajstić information content (AvgIpc) is 3.02. The summed E-state index contributed by atoms with van der Waals surface area (Å²) in [7, 11) is -3.68. The van der Waals surface area contributed by atoms with Crippen LogP contribution in [0.5, 0.6) is 0 Å². The van der Waals surface area contributed by atoms with Crippen LogP contribution in [-0.4, -0.2) is 44.3 Å². The summed E-state index contributed by atoms with van der Waals surface area (Å²) in [6.45, 7) is 0.440. The number of carbonyl (C=O) groups is 2. The average molecular weight is 451 g/mol. The fourth-order valence-electron chi connectivity index (χ4n) is 3.19. The molecule has 0 saturated carbocycles. The largest absolute Gasteiger partial charge is 0.452 e. The molecule has 9 heteroatoms. The van der Waals surface area contributed by atoms with Crippen molar-refractivity contribution >= 4 is 39.2 Å². The molecule has 0 unspecified atom stereocenters. The lowest BCUT2D eigenvalue weighted by Gasteiger charge is -2.20. The number of hydrogen-bond acceptors (Lipinski definition) is 5. The van der Waals surface area contributed by atoms with E-state index in [0.717, 1.165) is 25.7 Å². The van der Waals surface area contributed by atoms with Crippen LogP contribution in [0.25, 0.3) is 0 Å². The molecule has 1 fully saturated rings. The Bertz CT molecular complexity index is 1020. The number of halogens is 1. The zero-order chi connectivity index (χ0) is 21.6. The predicted molar refractivity (Wildman–Crippen MR) is 114 cm³/mol. The number of carbonyl (C=O) groups excluding carboxylic acids is 2. The second kappa shape index (κ2) is 10.1. The van der Waals surface area contributed by atoms with Crippen molar-refractivity contribution in [3.63, 3.8) is 0 Å². The van der Waals surface area contributed by atoms with Crippen molar-refractivity contribution in [2.24, 2.45) is 0 Å². The standard InChI is InChI=1S/C21H23ClN2O5S/c22-17-8-6-9-18(14-17)23-20(25)15-29-21(26)16-7-5-10-19(13-16)30(27,28)24-11-3-1-2-4-12-24/h5-10,13-14H,1-4,11-12,15H2,(H,23,25). The number of amides is 1. The van der Waals surface area contributed by atoms with E-state index in [0.29, 0.717) is 23.8 Å². The lowest BCUT2D eigenvalue weighted by atomic mass is 10.2. The van der Waals surface area contributed by atoms with Gasteiger partial charge in [0.15, 0.2) is 6.61 Å². The predicted octanol–water partition coefficient (Wildman–Crippen LogP) is 3.70. The third kappa shape index (κ3) is 5.81. The number of nitrogens with one attached hydrogen (secondary N) is 1. The Balaban J connectivity index is 1.63. The van der Waals surface area contributed by atoms with Gasteiger partial charge < -0.3 is 10.1 Å². The minimum atomic E-state index is -3.68. The van der Waals surface area contributed by atoms with Gasteiger partial charge in [-0.05, 0) is 49.2 Å². The van der Waals surface area contributed by atoms with Gasteiger partial charge in [-0.3, -0.25) is 4.79 Å². The van der Waals surface area contributed by atoms with E-state index in [1.807, 2.05) is 0 Å². The van der Waals surface area contributed by atoms with Gasteiger partial charge in [-0.2, -0.15) is 4.31 Å². The highest BCUT2D eigenvalue weighted by Crippen LogP contribution is 2.21. The van der Waals surface area contributed by atoms with Crippen molar-refractivity contribution in [2.75, 3.05) is 25.0 Å². The molecule has 0 atom stereocenters. The highest BCUT2D eigenvalue weighted by molar-refractivity contribution is 7.89. The molecule has 1 aliphatic heterocycles. The number of benzene rings is 2. The minimum Gasteiger partial charge on any atom is -0.452 e. The molecule has 0 aliphatic carbocycles. The molecule has 0 radical (unpaired) electrons. The fourth-order valence-corrected chi connectivity index (χ4v) is 4.95. The number of anilines is 1. The molecular formula is C21H23ClN2O5S. The maximum absolute atomic E-state index is 12.9. The second-order valence-corrected chi connectivity index (χ2v) is 9.36. The molecule has 1 aliphatic rings. The van der Waals surface area contributed by atoms with Crippen molar-refractivity contribution < 1.29 is 22.7 Å². The molecule has 7 nitrogen and oxygen atoms in total. The molecule has 1 amide bonds. The Kier molecular flexibility index (Phi) is 7.47. The maximum atomic E-state index is 12.9. The van der Waals surface area contributed by atoms with Gasteiger partial charge in [0.05, 0.1) is 10.5 Å². The molecule has 160 valence electrons. The van der Waals surface area contributed by atoms with E-state index in [1.165, 1.54) is 28.6 Å². The van der Waals surface area contributed by atoms with Crippen molar-refractivity contribution in [1.82, 2.24) is 4.31 Å². The Morgan fingerprint density at radius 3 is 2.40 bits per heavy atom. The Morgan fingerprint density at radius 2 is 1.70 bits per heavy atom. The van der Waals surface area contributed by atoms with Gasteiger partial charge >= 0.3 is 5.97 Å². The van der Waals surface area contributed by atoms with Gasteiger partial charge in [0.1, 0.15) is 0 Å². The van der Waals surface area contributed by atoms with Crippen LogP contribution in [-0.2, 0) is 19.6 Å². The van der Waals surface area contributed by atoms with Crippen molar-refractivity contribution in [1.29, 1.82) is 0 Å². The molecule has 0 spiro atoms. The van der Waals surface area contributed by atoms with Crippen LogP contribution >= 0.6 is 11.6 Å². The van der Waals surface area contributed by atoms with Crippen LogP contribution in [0.4, 0.5) is 5.69 Å². The van der Waals surface area contributed by atoms with Crippen LogP contribution < -0.4 is 5.32 Å². The van der Waals surface area contributed by atoms with E-state index in [1.54, 1.807) is 24.3 Å². The Hall–Kier alpha value is -2.42. The monoisotopic (exact) mass is 450 g/mol. The van der Waals surface area contributed by atoms with Crippen LogP contribution in [0.15, 0.2) is 53.4 Å². The number of nitrogens with zero attached hydrogens (tertiary/aromatic N) is 1. The lowest BCUT2D eigenvalue weighted by molar-refractivity contribution is -0.119. The van der Waals surface area contributed by atoms with Crippen molar-refractivity contribution in [3.05, 3.63) is 59.1 Å². The van der Waals surface area contributed by atoms with Gasteiger partial charge in [0.25, 0.3) is 5.91 Å².